The fourth-order valence-electron chi connectivity index (χ4n) is 0.262. The Hall–Kier alpha value is 1.25. The number of hydrogen-bond donors (Lipinski definition) is 0. The molecule has 0 spiro atoms. The molecule has 1 nitrogen and oxygen atoms in total. The molecule has 0 amide bonds. The molecule has 0 bridgehead atoms. The monoisotopic (exact) mass is 213 g/mol. The van der Waals surface area contributed by atoms with Crippen LogP contribution in [0.3, 0.4) is 0 Å². The van der Waals surface area contributed by atoms with Crippen LogP contribution in [0.5, 0.6) is 0 Å². The van der Waals surface area contributed by atoms with Crippen molar-refractivity contribution in [1.82, 2.24) is 0 Å². The molecule has 50 valence electrons. The Morgan fingerprint density at radius 2 is 1.62 bits per heavy atom. The van der Waals surface area contributed by atoms with Crippen LogP contribution in [0.2, 0.25) is 0 Å². The van der Waals surface area contributed by atoms with Gasteiger partial charge in [0.2, 0.25) is 0 Å². The van der Waals surface area contributed by atoms with E-state index in [1.807, 2.05) is 13.8 Å². The molecule has 0 unspecified atom stereocenters. The van der Waals surface area contributed by atoms with Crippen molar-refractivity contribution in [2.75, 3.05) is 0 Å². The molecule has 0 aliphatic heterocycles. The first-order chi connectivity index (χ1) is 3.42. The van der Waals surface area contributed by atoms with Crippen LogP contribution in [0.1, 0.15) is 13.8 Å². The van der Waals surface area contributed by atoms with E-state index in [4.69, 9.17) is 29.5 Å². The fraction of sp³-hybridized carbons (Fsp3) is 1.00. The molecule has 0 aromatic heterocycles. The predicted octanol–water partition coefficient (Wildman–Crippen LogP) is 3.19. The minimum atomic E-state index is -2.97. The van der Waals surface area contributed by atoms with E-state index in [1.165, 1.54) is 0 Å². The average molecular weight is 214 g/mol. The molecular weight excluding hydrogens is 207 g/mol. The van der Waals surface area contributed by atoms with E-state index in [-0.39, 0.29) is 6.04 Å². The average Bonchev–Trinajstić information content (AvgIpc) is 1.21. The van der Waals surface area contributed by atoms with Crippen LogP contribution >= 0.6 is 29.5 Å². The van der Waals surface area contributed by atoms with Crippen molar-refractivity contribution in [3.05, 3.63) is 0 Å². The molecule has 0 fully saturated rings. The quantitative estimate of drug-likeness (QED) is 0.635. The van der Waals surface area contributed by atoms with Crippen LogP contribution in [0.25, 0.3) is 0 Å². The third-order valence-corrected chi connectivity index (χ3v) is 2.57. The van der Waals surface area contributed by atoms with Gasteiger partial charge in [-0.25, -0.2) is 0 Å². The van der Waals surface area contributed by atoms with Crippen molar-refractivity contribution in [1.29, 1.82) is 0 Å². The van der Waals surface area contributed by atoms with E-state index in [1.54, 1.807) is 0 Å². The van der Waals surface area contributed by atoms with Gasteiger partial charge in [0.05, 0.1) is 0 Å². The Morgan fingerprint density at radius 3 is 1.62 bits per heavy atom. The molecule has 0 saturated carbocycles. The van der Waals surface area contributed by atoms with Gasteiger partial charge in [0.15, 0.2) is 0 Å². The van der Waals surface area contributed by atoms with Gasteiger partial charge in [0.1, 0.15) is 0 Å². The summed E-state index contributed by atoms with van der Waals surface area (Å²) in [7, 11) is 13.4. The summed E-state index contributed by atoms with van der Waals surface area (Å²) in [5.41, 5.74) is 0. The molecule has 5 heteroatoms. The normalized spacial score (nSPS) is 12.2. The van der Waals surface area contributed by atoms with Crippen LogP contribution in [0.4, 0.5) is 0 Å². The molecule has 0 heterocycles. The molecule has 8 heavy (non-hydrogen) atoms. The predicted molar refractivity (Wildman–Crippen MR) is 35.1 cm³/mol. The van der Waals surface area contributed by atoms with E-state index in [0.717, 1.165) is 0 Å². The second-order valence-electron chi connectivity index (χ2n) is 1.63. The van der Waals surface area contributed by atoms with Gasteiger partial charge in [-0.05, 0) is 0 Å². The molecule has 0 atom stereocenters. The van der Waals surface area contributed by atoms with Crippen molar-refractivity contribution >= 4 is 29.5 Å². The third-order valence-electron chi connectivity index (χ3n) is 0.362. The summed E-state index contributed by atoms with van der Waals surface area (Å²) in [6.07, 6.45) is 0. The standard InChI is InChI=1S/C3H7N.3ClH.V/c1-3(2)4;;;;/h3H,1-2H3;3*1H;/q;;;;+3/p-3. The Kier molecular flexibility index (Phi) is 3.97. The van der Waals surface area contributed by atoms with Gasteiger partial charge in [-0.1, -0.05) is 0 Å². The number of hydrogen-bond acceptors (Lipinski definition) is 1. The molecule has 0 saturated heterocycles. The van der Waals surface area contributed by atoms with Gasteiger partial charge in [0, 0.05) is 0 Å². The van der Waals surface area contributed by atoms with Gasteiger partial charge in [0.25, 0.3) is 0 Å². The number of rotatable bonds is 1. The summed E-state index contributed by atoms with van der Waals surface area (Å²) in [6, 6.07) is 0.148. The van der Waals surface area contributed by atoms with Gasteiger partial charge < -0.3 is 0 Å². The summed E-state index contributed by atoms with van der Waals surface area (Å²) < 4.78 is 3.88. The van der Waals surface area contributed by atoms with Crippen LogP contribution < -0.4 is 0 Å². The van der Waals surface area contributed by atoms with Crippen LogP contribution in [0.15, 0.2) is 3.79 Å². The fourth-order valence-corrected chi connectivity index (χ4v) is 3.24. The van der Waals surface area contributed by atoms with E-state index >= 15 is 0 Å². The summed E-state index contributed by atoms with van der Waals surface area (Å²) in [6.45, 7) is 3.78. The number of halogens is 3. The molecule has 0 radical (unpaired) electrons. The van der Waals surface area contributed by atoms with Gasteiger partial charge in [-0.3, -0.25) is 0 Å². The van der Waals surface area contributed by atoms with Crippen LogP contribution in [-0.2, 0) is 11.0 Å². The molecule has 0 aromatic rings. The molecule has 0 N–H and O–H groups in total. The first-order valence-electron chi connectivity index (χ1n) is 2.12. The van der Waals surface area contributed by atoms with Gasteiger partial charge >= 0.3 is 64.2 Å². The van der Waals surface area contributed by atoms with Crippen molar-refractivity contribution in [3.63, 3.8) is 0 Å². The van der Waals surface area contributed by atoms with Crippen molar-refractivity contribution in [2.24, 2.45) is 3.79 Å². The maximum absolute atomic E-state index is 5.46. The topological polar surface area (TPSA) is 12.4 Å². The second kappa shape index (κ2) is 3.43. The second-order valence-corrected chi connectivity index (χ2v) is 11.5. The summed E-state index contributed by atoms with van der Waals surface area (Å²) in [4.78, 5) is 0. The Labute approximate surface area is 64.1 Å². The van der Waals surface area contributed by atoms with Gasteiger partial charge in [-0.15, -0.1) is 0 Å². The zero-order chi connectivity index (χ0) is 6.78. The van der Waals surface area contributed by atoms with E-state index < -0.39 is 11.0 Å². The minimum absolute atomic E-state index is 0.148. The summed E-state index contributed by atoms with van der Waals surface area (Å²) in [5, 5.41) is 0. The first kappa shape index (κ1) is 9.25. The molecule has 0 aromatic carbocycles. The first-order valence-corrected chi connectivity index (χ1v) is 8.51. The summed E-state index contributed by atoms with van der Waals surface area (Å²) >= 11 is 0. The van der Waals surface area contributed by atoms with E-state index in [2.05, 4.69) is 3.79 Å². The van der Waals surface area contributed by atoms with Crippen LogP contribution in [0, 0.1) is 0 Å². The SMILES string of the molecule is CC(C)[N]=[V]([Cl])([Cl])[Cl]. The van der Waals surface area contributed by atoms with E-state index in [9.17, 15) is 0 Å². The maximum atomic E-state index is 5.46. The Balaban J connectivity index is 3.95. The van der Waals surface area contributed by atoms with E-state index in [0.29, 0.717) is 0 Å². The Bertz CT molecular complexity index is 107. The zero-order valence-electron chi connectivity index (χ0n) is 4.61. The Morgan fingerprint density at radius 1 is 1.25 bits per heavy atom. The molecule has 0 rings (SSSR count). The van der Waals surface area contributed by atoms with Crippen molar-refractivity contribution < 1.29 is 11.0 Å². The van der Waals surface area contributed by atoms with Crippen molar-refractivity contribution in [3.8, 4) is 0 Å². The summed E-state index contributed by atoms with van der Waals surface area (Å²) in [5.74, 6) is 0. The van der Waals surface area contributed by atoms with Gasteiger partial charge in [-0.2, -0.15) is 0 Å². The van der Waals surface area contributed by atoms with Crippen LogP contribution in [-0.4, -0.2) is 6.04 Å². The molecule has 0 aliphatic rings. The van der Waals surface area contributed by atoms with Crippen molar-refractivity contribution in [2.45, 2.75) is 19.9 Å². The molecular formula is C3H7Cl3NV. The number of nitrogens with zero attached hydrogens (tertiary/aromatic N) is 1. The molecule has 0 aliphatic carbocycles. The zero-order valence-corrected chi connectivity index (χ0v) is 8.27. The third kappa shape index (κ3) is 7.25.